The highest BCUT2D eigenvalue weighted by Gasteiger charge is 2.73. The van der Waals surface area contributed by atoms with Crippen molar-refractivity contribution in [3.63, 3.8) is 0 Å². The molecule has 1 aromatic carbocycles. The van der Waals surface area contributed by atoms with Crippen LogP contribution in [0.1, 0.15) is 24.3 Å². The van der Waals surface area contributed by atoms with E-state index in [1.165, 1.54) is 7.11 Å². The Balaban J connectivity index is 2.22. The third-order valence-corrected chi connectivity index (χ3v) is 5.09. The molecular formula is C17H14N4O3. The molecule has 1 saturated carbocycles. The first-order valence-electron chi connectivity index (χ1n) is 7.33. The second-order valence-corrected chi connectivity index (χ2v) is 6.24. The topological polar surface area (TPSA) is 130 Å². The summed E-state index contributed by atoms with van der Waals surface area (Å²) in [7, 11) is 1.51. The number of amides is 1. The summed E-state index contributed by atoms with van der Waals surface area (Å²) in [5, 5.41) is 42.2. The van der Waals surface area contributed by atoms with Crippen molar-refractivity contribution in [1.29, 1.82) is 15.8 Å². The number of hydrogen-bond acceptors (Lipinski definition) is 6. The molecule has 24 heavy (non-hydrogen) atoms. The molecule has 120 valence electrons. The van der Waals surface area contributed by atoms with Crippen LogP contribution < -0.4 is 10.1 Å². The van der Waals surface area contributed by atoms with E-state index in [9.17, 15) is 25.7 Å². The second kappa shape index (κ2) is 4.96. The molecule has 1 saturated heterocycles. The lowest BCUT2D eigenvalue weighted by molar-refractivity contribution is -0.128. The maximum Gasteiger partial charge on any atom is 0.245 e. The molecule has 0 radical (unpaired) electrons. The SMILES string of the molecule is COc1ccc([C@@H]2C[C@@]3(O)C[C@](C#N)(C(=O)N3)C2(C#N)C#N)cc1. The van der Waals surface area contributed by atoms with Gasteiger partial charge in [0.05, 0.1) is 25.3 Å². The van der Waals surface area contributed by atoms with Crippen molar-refractivity contribution >= 4 is 5.91 Å². The Hall–Kier alpha value is -3.08. The molecule has 2 fully saturated rings. The number of aliphatic hydroxyl groups is 1. The van der Waals surface area contributed by atoms with E-state index in [1.54, 1.807) is 24.3 Å². The number of fused-ring (bicyclic) bond motifs is 2. The van der Waals surface area contributed by atoms with Gasteiger partial charge < -0.3 is 15.2 Å². The largest absolute Gasteiger partial charge is 0.497 e. The Morgan fingerprint density at radius 1 is 1.21 bits per heavy atom. The van der Waals surface area contributed by atoms with Crippen LogP contribution in [0.5, 0.6) is 5.75 Å². The zero-order valence-electron chi connectivity index (χ0n) is 12.9. The van der Waals surface area contributed by atoms with Crippen LogP contribution in [-0.4, -0.2) is 23.8 Å². The summed E-state index contributed by atoms with van der Waals surface area (Å²) in [6.07, 6.45) is -0.293. The van der Waals surface area contributed by atoms with Gasteiger partial charge in [0, 0.05) is 18.8 Å². The summed E-state index contributed by atoms with van der Waals surface area (Å²) in [6.45, 7) is 0. The minimum atomic E-state index is -1.91. The van der Waals surface area contributed by atoms with Crippen LogP contribution in [0.2, 0.25) is 0 Å². The average molecular weight is 322 g/mol. The lowest BCUT2D eigenvalue weighted by Crippen LogP contribution is -2.52. The summed E-state index contributed by atoms with van der Waals surface area (Å²) >= 11 is 0. The fourth-order valence-corrected chi connectivity index (χ4v) is 3.87. The van der Waals surface area contributed by atoms with Crippen LogP contribution in [-0.2, 0) is 4.79 Å². The number of benzene rings is 1. The summed E-state index contributed by atoms with van der Waals surface area (Å²) < 4.78 is 5.10. The summed E-state index contributed by atoms with van der Waals surface area (Å²) in [4.78, 5) is 12.4. The van der Waals surface area contributed by atoms with Gasteiger partial charge in [0.15, 0.2) is 10.8 Å². The van der Waals surface area contributed by atoms with Crippen molar-refractivity contribution < 1.29 is 14.6 Å². The smallest absolute Gasteiger partial charge is 0.245 e. The normalized spacial score (nSPS) is 32.8. The Morgan fingerprint density at radius 3 is 2.33 bits per heavy atom. The van der Waals surface area contributed by atoms with Crippen molar-refractivity contribution in [2.45, 2.75) is 24.5 Å². The van der Waals surface area contributed by atoms with Gasteiger partial charge in [-0.2, -0.15) is 15.8 Å². The van der Waals surface area contributed by atoms with E-state index in [2.05, 4.69) is 5.32 Å². The minimum absolute atomic E-state index is 0.0182. The summed E-state index contributed by atoms with van der Waals surface area (Å²) in [5.74, 6) is -0.970. The van der Waals surface area contributed by atoms with E-state index in [1.807, 2.05) is 18.2 Å². The van der Waals surface area contributed by atoms with Crippen molar-refractivity contribution in [2.75, 3.05) is 7.11 Å². The van der Waals surface area contributed by atoms with Crippen molar-refractivity contribution in [3.8, 4) is 24.0 Å². The first kappa shape index (κ1) is 15.8. The average Bonchev–Trinajstić information content (AvgIpc) is 2.83. The maximum atomic E-state index is 12.4. The fourth-order valence-electron chi connectivity index (χ4n) is 3.87. The fraction of sp³-hybridized carbons (Fsp3) is 0.412. The van der Waals surface area contributed by atoms with Gasteiger partial charge in [0.25, 0.3) is 0 Å². The number of rotatable bonds is 2. The van der Waals surface area contributed by atoms with E-state index in [-0.39, 0.29) is 12.8 Å². The predicted octanol–water partition coefficient (Wildman–Crippen LogP) is 0.935. The quantitative estimate of drug-likeness (QED) is 0.833. The molecule has 1 aliphatic heterocycles. The lowest BCUT2D eigenvalue weighted by Gasteiger charge is -2.43. The molecule has 1 heterocycles. The van der Waals surface area contributed by atoms with Gasteiger partial charge >= 0.3 is 0 Å². The molecule has 7 heteroatoms. The number of carbonyl (C=O) groups is 1. The van der Waals surface area contributed by atoms with Gasteiger partial charge in [-0.05, 0) is 17.7 Å². The third-order valence-electron chi connectivity index (χ3n) is 5.09. The highest BCUT2D eigenvalue weighted by Crippen LogP contribution is 2.62. The van der Waals surface area contributed by atoms with Crippen LogP contribution in [0.15, 0.2) is 24.3 Å². The lowest BCUT2D eigenvalue weighted by atomic mass is 9.51. The first-order valence-corrected chi connectivity index (χ1v) is 7.33. The molecule has 2 N–H and O–H groups in total. The number of ether oxygens (including phenoxy) is 1. The van der Waals surface area contributed by atoms with E-state index in [0.717, 1.165) is 0 Å². The molecule has 1 aliphatic carbocycles. The number of nitrogens with zero attached hydrogens (tertiary/aromatic N) is 3. The zero-order chi connectivity index (χ0) is 17.6. The molecule has 0 spiro atoms. The highest BCUT2D eigenvalue weighted by molar-refractivity contribution is 5.91. The van der Waals surface area contributed by atoms with Crippen molar-refractivity contribution in [1.82, 2.24) is 5.32 Å². The predicted molar refractivity (Wildman–Crippen MR) is 79.8 cm³/mol. The molecule has 2 bridgehead atoms. The summed E-state index contributed by atoms with van der Waals surface area (Å²) in [5.41, 5.74) is -4.81. The first-order chi connectivity index (χ1) is 11.4. The van der Waals surface area contributed by atoms with Gasteiger partial charge in [-0.3, -0.25) is 4.79 Å². The molecule has 0 unspecified atom stereocenters. The van der Waals surface area contributed by atoms with Gasteiger partial charge in [-0.15, -0.1) is 0 Å². The van der Waals surface area contributed by atoms with Gasteiger partial charge in [0.1, 0.15) is 11.5 Å². The molecule has 7 nitrogen and oxygen atoms in total. The van der Waals surface area contributed by atoms with Crippen molar-refractivity contribution in [2.24, 2.45) is 10.8 Å². The Labute approximate surface area is 138 Å². The Bertz CT molecular complexity index is 815. The number of carbonyl (C=O) groups excluding carboxylic acids is 1. The molecule has 1 amide bonds. The second-order valence-electron chi connectivity index (χ2n) is 6.24. The van der Waals surface area contributed by atoms with E-state index in [4.69, 9.17) is 4.74 Å². The van der Waals surface area contributed by atoms with E-state index < -0.39 is 28.4 Å². The molecule has 1 aromatic rings. The standard InChI is InChI=1S/C17H14N4O3/c1-24-12-4-2-11(3-5-12)13-6-17(23)7-15(8-18,14(22)21-17)16(13,9-19)10-20/h2-5,13,23H,6-7H2,1H3,(H,21,22)/t13-,15-,17+/m0/s1. The molecule has 3 rings (SSSR count). The monoisotopic (exact) mass is 322 g/mol. The zero-order valence-corrected chi connectivity index (χ0v) is 12.9. The van der Waals surface area contributed by atoms with Crippen LogP contribution >= 0.6 is 0 Å². The maximum absolute atomic E-state index is 12.4. The Kier molecular flexibility index (Phi) is 3.27. The third kappa shape index (κ3) is 1.75. The molecule has 2 aliphatic rings. The molecular weight excluding hydrogens is 308 g/mol. The number of methoxy groups -OCH3 is 1. The number of nitrogens with one attached hydrogen (secondary N) is 1. The number of nitriles is 3. The van der Waals surface area contributed by atoms with Crippen LogP contribution in [0, 0.1) is 44.8 Å². The van der Waals surface area contributed by atoms with Gasteiger partial charge in [-0.1, -0.05) is 12.1 Å². The molecule has 3 atom stereocenters. The Morgan fingerprint density at radius 2 is 1.83 bits per heavy atom. The summed E-state index contributed by atoms with van der Waals surface area (Å²) in [6, 6.07) is 12.4. The van der Waals surface area contributed by atoms with Gasteiger partial charge in [-0.25, -0.2) is 0 Å². The van der Waals surface area contributed by atoms with E-state index in [0.29, 0.717) is 11.3 Å². The highest BCUT2D eigenvalue weighted by atomic mass is 16.5. The minimum Gasteiger partial charge on any atom is -0.497 e. The van der Waals surface area contributed by atoms with E-state index >= 15 is 0 Å². The number of hydrogen-bond donors (Lipinski definition) is 2. The molecule has 0 aromatic heterocycles. The van der Waals surface area contributed by atoms with Crippen molar-refractivity contribution in [3.05, 3.63) is 29.8 Å². The van der Waals surface area contributed by atoms with Crippen LogP contribution in [0.4, 0.5) is 0 Å². The van der Waals surface area contributed by atoms with Gasteiger partial charge in [0.2, 0.25) is 5.91 Å². The van der Waals surface area contributed by atoms with Crippen LogP contribution in [0.3, 0.4) is 0 Å². The van der Waals surface area contributed by atoms with Crippen LogP contribution in [0.25, 0.3) is 0 Å².